The fourth-order valence-corrected chi connectivity index (χ4v) is 4.69. The summed E-state index contributed by atoms with van der Waals surface area (Å²) < 4.78 is 7.46. The highest BCUT2D eigenvalue weighted by atomic mass is 16.5. The minimum Gasteiger partial charge on any atom is -0.389 e. The Morgan fingerprint density at radius 3 is 2.63 bits per heavy atom. The lowest BCUT2D eigenvalue weighted by Gasteiger charge is -2.36. The van der Waals surface area contributed by atoms with Gasteiger partial charge in [0.2, 0.25) is 5.91 Å². The number of carbonyl (C=O) groups excluding carboxylic acids is 1. The molecule has 5 heterocycles. The Kier molecular flexibility index (Phi) is 7.09. The van der Waals surface area contributed by atoms with Crippen molar-refractivity contribution in [1.82, 2.24) is 24.7 Å². The first-order valence-electron chi connectivity index (χ1n) is 12.8. The van der Waals surface area contributed by atoms with E-state index < -0.39 is 5.60 Å². The molecule has 1 saturated heterocycles. The molecule has 1 aliphatic heterocycles. The molecule has 1 aliphatic rings. The van der Waals surface area contributed by atoms with Crippen LogP contribution in [0.25, 0.3) is 22.3 Å². The van der Waals surface area contributed by atoms with Crippen LogP contribution in [0.15, 0.2) is 55.0 Å². The van der Waals surface area contributed by atoms with Gasteiger partial charge >= 0.3 is 0 Å². The number of aromatic nitrogens is 5. The molecule has 5 rings (SSSR count). The SMILES string of the molecule is C[C@@H]1CN(c2cccc(-c3ccc4cnc(CC(=O)Nc5cnn(CC(C)(C)O)c5)cc4n3)n2)C[C@H](C)O1. The van der Waals surface area contributed by atoms with E-state index in [4.69, 9.17) is 14.7 Å². The topological polar surface area (TPSA) is 118 Å². The number of nitrogens with one attached hydrogen (secondary N) is 1. The third kappa shape index (κ3) is 6.32. The molecule has 0 aromatic carbocycles. The molecule has 198 valence electrons. The van der Waals surface area contributed by atoms with Gasteiger partial charge in [-0.25, -0.2) is 9.97 Å². The first kappa shape index (κ1) is 25.7. The molecule has 2 N–H and O–H groups in total. The third-order valence-electron chi connectivity index (χ3n) is 6.18. The summed E-state index contributed by atoms with van der Waals surface area (Å²) >= 11 is 0. The summed E-state index contributed by atoms with van der Waals surface area (Å²) in [6, 6.07) is 11.7. The second-order valence-electron chi connectivity index (χ2n) is 10.6. The maximum absolute atomic E-state index is 12.7. The van der Waals surface area contributed by atoms with Gasteiger partial charge in [0, 0.05) is 30.9 Å². The molecule has 0 saturated carbocycles. The Bertz CT molecular complexity index is 1440. The summed E-state index contributed by atoms with van der Waals surface area (Å²) in [5.41, 5.74) is 2.58. The van der Waals surface area contributed by atoms with Gasteiger partial charge in [-0.3, -0.25) is 14.5 Å². The lowest BCUT2D eigenvalue weighted by molar-refractivity contribution is -0.115. The van der Waals surface area contributed by atoms with E-state index in [1.165, 1.54) is 0 Å². The number of nitrogens with zero attached hydrogens (tertiary/aromatic N) is 6. The van der Waals surface area contributed by atoms with Gasteiger partial charge in [0.25, 0.3) is 0 Å². The van der Waals surface area contributed by atoms with Gasteiger partial charge < -0.3 is 20.1 Å². The lowest BCUT2D eigenvalue weighted by Crippen LogP contribution is -2.45. The number of fused-ring (bicyclic) bond motifs is 1. The van der Waals surface area contributed by atoms with E-state index in [2.05, 4.69) is 34.1 Å². The summed E-state index contributed by atoms with van der Waals surface area (Å²) in [5.74, 6) is 0.698. The van der Waals surface area contributed by atoms with Crippen molar-refractivity contribution >= 4 is 28.3 Å². The molecule has 0 spiro atoms. The monoisotopic (exact) mass is 515 g/mol. The zero-order valence-electron chi connectivity index (χ0n) is 22.1. The Morgan fingerprint density at radius 2 is 1.87 bits per heavy atom. The zero-order valence-corrected chi connectivity index (χ0v) is 22.1. The van der Waals surface area contributed by atoms with Crippen molar-refractivity contribution in [2.24, 2.45) is 0 Å². The molecule has 0 unspecified atom stereocenters. The van der Waals surface area contributed by atoms with Crippen LogP contribution in [0.5, 0.6) is 0 Å². The van der Waals surface area contributed by atoms with Crippen LogP contribution in [0.1, 0.15) is 33.4 Å². The lowest BCUT2D eigenvalue weighted by atomic mass is 10.1. The number of aliphatic hydroxyl groups is 1. The standard InChI is InChI=1S/C28H33N7O3/c1-18-14-34(15-19(2)38-18)26-7-5-6-23(33-26)24-9-8-20-12-29-21(10-25(20)32-24)11-27(36)31-22-13-30-35(16-22)17-28(3,4)37/h5-10,12-13,16,18-19,37H,11,14-15,17H2,1-4H3,(H,31,36)/t18-,19+. The van der Waals surface area contributed by atoms with E-state index in [1.807, 2.05) is 36.4 Å². The van der Waals surface area contributed by atoms with Crippen LogP contribution >= 0.6 is 0 Å². The first-order valence-corrected chi connectivity index (χ1v) is 12.8. The van der Waals surface area contributed by atoms with E-state index in [1.54, 1.807) is 37.1 Å². The van der Waals surface area contributed by atoms with Gasteiger partial charge in [0.1, 0.15) is 5.82 Å². The van der Waals surface area contributed by atoms with Crippen LogP contribution in [0, 0.1) is 0 Å². The molecule has 0 bridgehead atoms. The first-order chi connectivity index (χ1) is 18.1. The molecule has 4 aromatic heterocycles. The maximum atomic E-state index is 12.7. The summed E-state index contributed by atoms with van der Waals surface area (Å²) in [6.07, 6.45) is 5.38. The van der Waals surface area contributed by atoms with Crippen LogP contribution < -0.4 is 10.2 Å². The van der Waals surface area contributed by atoms with Crippen LogP contribution in [-0.2, 0) is 22.5 Å². The highest BCUT2D eigenvalue weighted by molar-refractivity contribution is 5.92. The molecule has 1 fully saturated rings. The highest BCUT2D eigenvalue weighted by Crippen LogP contribution is 2.24. The average molecular weight is 516 g/mol. The minimum atomic E-state index is -0.898. The number of hydrogen-bond acceptors (Lipinski definition) is 8. The summed E-state index contributed by atoms with van der Waals surface area (Å²) in [7, 11) is 0. The van der Waals surface area contributed by atoms with E-state index in [0.29, 0.717) is 17.9 Å². The van der Waals surface area contributed by atoms with Gasteiger partial charge in [-0.15, -0.1) is 0 Å². The predicted octanol–water partition coefficient (Wildman–Crippen LogP) is 3.45. The van der Waals surface area contributed by atoms with Crippen molar-refractivity contribution in [2.75, 3.05) is 23.3 Å². The second-order valence-corrected chi connectivity index (χ2v) is 10.6. The Hall–Kier alpha value is -3.89. The fraction of sp³-hybridized carbons (Fsp3) is 0.393. The van der Waals surface area contributed by atoms with Crippen LogP contribution in [0.3, 0.4) is 0 Å². The number of rotatable bonds is 7. The smallest absolute Gasteiger partial charge is 0.230 e. The Morgan fingerprint density at radius 1 is 1.11 bits per heavy atom. The summed E-state index contributed by atoms with van der Waals surface area (Å²) in [6.45, 7) is 9.48. The Balaban J connectivity index is 1.30. The van der Waals surface area contributed by atoms with Crippen molar-refractivity contribution in [1.29, 1.82) is 0 Å². The van der Waals surface area contributed by atoms with E-state index in [9.17, 15) is 9.90 Å². The summed E-state index contributed by atoms with van der Waals surface area (Å²) in [4.78, 5) is 29.1. The van der Waals surface area contributed by atoms with Crippen LogP contribution in [-0.4, -0.2) is 66.6 Å². The van der Waals surface area contributed by atoms with Gasteiger partial charge in [-0.05, 0) is 58.0 Å². The quantitative estimate of drug-likeness (QED) is 0.384. The average Bonchev–Trinajstić information content (AvgIpc) is 3.27. The molecular weight excluding hydrogens is 482 g/mol. The number of hydrogen-bond donors (Lipinski definition) is 2. The number of anilines is 2. The predicted molar refractivity (Wildman–Crippen MR) is 146 cm³/mol. The number of pyridine rings is 3. The molecule has 0 aliphatic carbocycles. The van der Waals surface area contributed by atoms with Crippen molar-refractivity contribution < 1.29 is 14.6 Å². The van der Waals surface area contributed by atoms with Crippen LogP contribution in [0.4, 0.5) is 11.5 Å². The number of amides is 1. The molecule has 0 radical (unpaired) electrons. The minimum absolute atomic E-state index is 0.0969. The molecule has 10 heteroatoms. The largest absolute Gasteiger partial charge is 0.389 e. The molecule has 10 nitrogen and oxygen atoms in total. The zero-order chi connectivity index (χ0) is 26.9. The molecule has 2 atom stereocenters. The highest BCUT2D eigenvalue weighted by Gasteiger charge is 2.23. The van der Waals surface area contributed by atoms with E-state index in [0.717, 1.165) is 41.2 Å². The normalized spacial score (nSPS) is 18.1. The maximum Gasteiger partial charge on any atom is 0.230 e. The molecule has 38 heavy (non-hydrogen) atoms. The third-order valence-corrected chi connectivity index (χ3v) is 6.18. The second kappa shape index (κ2) is 10.5. The summed E-state index contributed by atoms with van der Waals surface area (Å²) in [5, 5.41) is 17.9. The Labute approximate surface area is 221 Å². The number of carbonyl (C=O) groups is 1. The van der Waals surface area contributed by atoms with Crippen molar-refractivity contribution in [3.05, 3.63) is 60.7 Å². The van der Waals surface area contributed by atoms with E-state index >= 15 is 0 Å². The number of morpholine rings is 1. The van der Waals surface area contributed by atoms with Gasteiger partial charge in [0.15, 0.2) is 0 Å². The van der Waals surface area contributed by atoms with Gasteiger partial charge in [0.05, 0.1) is 65.3 Å². The van der Waals surface area contributed by atoms with E-state index in [-0.39, 0.29) is 24.5 Å². The number of ether oxygens (including phenoxy) is 1. The molecule has 1 amide bonds. The van der Waals surface area contributed by atoms with Gasteiger partial charge in [-0.1, -0.05) is 6.07 Å². The van der Waals surface area contributed by atoms with Gasteiger partial charge in [-0.2, -0.15) is 5.10 Å². The van der Waals surface area contributed by atoms with Crippen LogP contribution in [0.2, 0.25) is 0 Å². The van der Waals surface area contributed by atoms with Crippen molar-refractivity contribution in [2.45, 2.75) is 58.5 Å². The van der Waals surface area contributed by atoms with Crippen molar-refractivity contribution in [3.63, 3.8) is 0 Å². The molecular formula is C28H33N7O3. The molecule has 4 aromatic rings. The van der Waals surface area contributed by atoms with Crippen molar-refractivity contribution in [3.8, 4) is 11.4 Å². The fourth-order valence-electron chi connectivity index (χ4n) is 4.69.